The number of aliphatic carboxylic acids is 1. The zero-order valence-electron chi connectivity index (χ0n) is 13.7. The zero-order valence-corrected chi connectivity index (χ0v) is 13.7. The van der Waals surface area contributed by atoms with Gasteiger partial charge in [-0.1, -0.05) is 30.3 Å². The number of benzene rings is 2. The van der Waals surface area contributed by atoms with Crippen molar-refractivity contribution in [2.45, 2.75) is 25.5 Å². The van der Waals surface area contributed by atoms with E-state index in [2.05, 4.69) is 0 Å². The van der Waals surface area contributed by atoms with Crippen LogP contribution in [0.2, 0.25) is 0 Å². The molecule has 3 rings (SSSR count). The second-order valence-electron chi connectivity index (χ2n) is 6.03. The number of ether oxygens (including phenoxy) is 1. The molecule has 5 nitrogen and oxygen atoms in total. The first-order valence-corrected chi connectivity index (χ1v) is 7.97. The molecule has 2 unspecified atom stereocenters. The normalized spacial score (nSPS) is 17.5. The lowest BCUT2D eigenvalue weighted by Crippen LogP contribution is -2.45. The zero-order chi connectivity index (χ0) is 18.0. The van der Waals surface area contributed by atoms with Gasteiger partial charge in [-0.25, -0.2) is 4.39 Å². The molecule has 0 radical (unpaired) electrons. The van der Waals surface area contributed by atoms with E-state index in [4.69, 9.17) is 4.74 Å². The van der Waals surface area contributed by atoms with Crippen LogP contribution in [0.1, 0.15) is 24.0 Å². The van der Waals surface area contributed by atoms with Crippen molar-refractivity contribution in [1.82, 2.24) is 4.90 Å². The molecule has 1 amide bonds. The third-order valence-electron chi connectivity index (χ3n) is 4.26. The highest BCUT2D eigenvalue weighted by atomic mass is 19.1. The summed E-state index contributed by atoms with van der Waals surface area (Å²) in [6.07, 6.45) is -0.846. The van der Waals surface area contributed by atoms with Gasteiger partial charge in [0.15, 0.2) is 6.10 Å². The molecule has 1 aliphatic rings. The minimum Gasteiger partial charge on any atom is -0.481 e. The summed E-state index contributed by atoms with van der Waals surface area (Å²) in [6.45, 7) is 1.99. The van der Waals surface area contributed by atoms with Gasteiger partial charge in [0.2, 0.25) is 0 Å². The van der Waals surface area contributed by atoms with Crippen LogP contribution in [0.4, 0.5) is 4.39 Å². The maximum absolute atomic E-state index is 13.2. The molecule has 2 aromatic rings. The molecule has 2 aromatic carbocycles. The quantitative estimate of drug-likeness (QED) is 0.927. The summed E-state index contributed by atoms with van der Waals surface area (Å²) in [5.41, 5.74) is 1.55. The third-order valence-corrected chi connectivity index (χ3v) is 4.26. The van der Waals surface area contributed by atoms with Gasteiger partial charge in [-0.15, -0.1) is 0 Å². The lowest BCUT2D eigenvalue weighted by molar-refractivity contribution is -0.143. The lowest BCUT2D eigenvalue weighted by Gasteiger charge is -2.34. The SMILES string of the molecule is CC(Oc1cccc(F)c1)C(=O)N1Cc2ccccc2C(C(=O)O)C1. The Morgan fingerprint density at radius 3 is 2.72 bits per heavy atom. The number of hydrogen-bond acceptors (Lipinski definition) is 3. The van der Waals surface area contributed by atoms with Crippen LogP contribution in [-0.4, -0.2) is 34.5 Å². The number of hydrogen-bond donors (Lipinski definition) is 1. The largest absolute Gasteiger partial charge is 0.481 e. The Morgan fingerprint density at radius 1 is 1.24 bits per heavy atom. The van der Waals surface area contributed by atoms with Gasteiger partial charge in [0, 0.05) is 19.2 Å². The van der Waals surface area contributed by atoms with Crippen molar-refractivity contribution in [3.63, 3.8) is 0 Å². The predicted molar refractivity (Wildman–Crippen MR) is 88.7 cm³/mol. The Kier molecular flexibility index (Phi) is 4.70. The van der Waals surface area contributed by atoms with Crippen LogP contribution in [-0.2, 0) is 16.1 Å². The van der Waals surface area contributed by atoms with Crippen LogP contribution in [0.5, 0.6) is 5.75 Å². The van der Waals surface area contributed by atoms with Gasteiger partial charge in [0.1, 0.15) is 11.6 Å². The van der Waals surface area contributed by atoms with Gasteiger partial charge in [0.25, 0.3) is 5.91 Å². The first-order chi connectivity index (χ1) is 12.0. The standard InChI is InChI=1S/C19H18FNO4/c1-12(25-15-7-4-6-14(20)9-15)18(22)21-10-13-5-2-3-8-16(13)17(11-21)19(23)24/h2-9,12,17H,10-11H2,1H3,(H,23,24). The molecule has 130 valence electrons. The van der Waals surface area contributed by atoms with Gasteiger partial charge in [-0.3, -0.25) is 9.59 Å². The Labute approximate surface area is 144 Å². The van der Waals surface area contributed by atoms with Crippen LogP contribution < -0.4 is 4.74 Å². The molecule has 0 aliphatic carbocycles. The van der Waals surface area contributed by atoms with Crippen LogP contribution in [0.15, 0.2) is 48.5 Å². The van der Waals surface area contributed by atoms with Gasteiger partial charge in [-0.05, 0) is 30.2 Å². The van der Waals surface area contributed by atoms with Crippen molar-refractivity contribution in [3.8, 4) is 5.75 Å². The van der Waals surface area contributed by atoms with E-state index in [0.717, 1.165) is 11.1 Å². The number of carbonyl (C=O) groups excluding carboxylic acids is 1. The number of carbonyl (C=O) groups is 2. The molecule has 2 atom stereocenters. The van der Waals surface area contributed by atoms with E-state index in [0.29, 0.717) is 6.54 Å². The Balaban J connectivity index is 1.77. The summed E-state index contributed by atoms with van der Waals surface area (Å²) in [4.78, 5) is 25.7. The van der Waals surface area contributed by atoms with Crippen LogP contribution in [0, 0.1) is 5.82 Å². The van der Waals surface area contributed by atoms with Crippen LogP contribution in [0.3, 0.4) is 0 Å². The molecule has 0 spiro atoms. The van der Waals surface area contributed by atoms with E-state index in [-0.39, 0.29) is 18.2 Å². The highest BCUT2D eigenvalue weighted by molar-refractivity contribution is 5.84. The molecule has 6 heteroatoms. The van der Waals surface area contributed by atoms with Crippen LogP contribution >= 0.6 is 0 Å². The second kappa shape index (κ2) is 6.93. The molecular weight excluding hydrogens is 325 g/mol. The fourth-order valence-electron chi connectivity index (χ4n) is 3.04. The number of rotatable bonds is 4. The highest BCUT2D eigenvalue weighted by Gasteiger charge is 2.34. The highest BCUT2D eigenvalue weighted by Crippen LogP contribution is 2.29. The Bertz CT molecular complexity index is 808. The number of fused-ring (bicyclic) bond motifs is 1. The fraction of sp³-hybridized carbons (Fsp3) is 0.263. The van der Waals surface area contributed by atoms with Gasteiger partial charge in [-0.2, -0.15) is 0 Å². The van der Waals surface area contributed by atoms with Crippen molar-refractivity contribution >= 4 is 11.9 Å². The molecule has 0 saturated carbocycles. The summed E-state index contributed by atoms with van der Waals surface area (Å²) in [7, 11) is 0. The average Bonchev–Trinajstić information content (AvgIpc) is 2.60. The summed E-state index contributed by atoms with van der Waals surface area (Å²) in [6, 6.07) is 12.8. The molecule has 0 aromatic heterocycles. The maximum atomic E-state index is 13.2. The molecule has 1 N–H and O–H groups in total. The fourth-order valence-corrected chi connectivity index (χ4v) is 3.04. The van der Waals surface area contributed by atoms with Gasteiger partial charge in [0.05, 0.1) is 5.92 Å². The molecule has 0 fully saturated rings. The van der Waals surface area contributed by atoms with Crippen molar-refractivity contribution < 1.29 is 23.8 Å². The number of nitrogens with zero attached hydrogens (tertiary/aromatic N) is 1. The van der Waals surface area contributed by atoms with E-state index in [1.54, 1.807) is 25.1 Å². The Morgan fingerprint density at radius 2 is 2.00 bits per heavy atom. The van der Waals surface area contributed by atoms with E-state index in [1.165, 1.54) is 23.1 Å². The summed E-state index contributed by atoms with van der Waals surface area (Å²) in [5.74, 6) is -2.26. The lowest BCUT2D eigenvalue weighted by atomic mass is 9.89. The minimum atomic E-state index is -0.969. The topological polar surface area (TPSA) is 66.8 Å². The van der Waals surface area contributed by atoms with Gasteiger partial charge >= 0.3 is 5.97 Å². The van der Waals surface area contributed by atoms with Crippen molar-refractivity contribution in [2.75, 3.05) is 6.54 Å². The molecular formula is C19H18FNO4. The molecule has 0 bridgehead atoms. The molecule has 1 aliphatic heterocycles. The monoisotopic (exact) mass is 343 g/mol. The van der Waals surface area contributed by atoms with Crippen molar-refractivity contribution in [3.05, 3.63) is 65.5 Å². The number of carboxylic acids is 1. The minimum absolute atomic E-state index is 0.0853. The number of halogens is 1. The Hall–Kier alpha value is -2.89. The first kappa shape index (κ1) is 17.0. The van der Waals surface area contributed by atoms with E-state index in [1.807, 2.05) is 12.1 Å². The van der Waals surface area contributed by atoms with Crippen molar-refractivity contribution in [1.29, 1.82) is 0 Å². The number of amides is 1. The molecule has 25 heavy (non-hydrogen) atoms. The average molecular weight is 343 g/mol. The van der Waals surface area contributed by atoms with Crippen LogP contribution in [0.25, 0.3) is 0 Å². The third kappa shape index (κ3) is 3.63. The number of carboxylic acid groups (broad SMARTS) is 1. The summed E-state index contributed by atoms with van der Waals surface area (Å²) >= 11 is 0. The van der Waals surface area contributed by atoms with E-state index in [9.17, 15) is 19.1 Å². The second-order valence-corrected chi connectivity index (χ2v) is 6.03. The summed E-state index contributed by atoms with van der Waals surface area (Å²) < 4.78 is 18.8. The molecule has 1 heterocycles. The van der Waals surface area contributed by atoms with Crippen molar-refractivity contribution in [2.24, 2.45) is 0 Å². The molecule has 0 saturated heterocycles. The van der Waals surface area contributed by atoms with E-state index < -0.39 is 23.8 Å². The van der Waals surface area contributed by atoms with E-state index >= 15 is 0 Å². The first-order valence-electron chi connectivity index (χ1n) is 7.97. The maximum Gasteiger partial charge on any atom is 0.312 e. The smallest absolute Gasteiger partial charge is 0.312 e. The van der Waals surface area contributed by atoms with Gasteiger partial charge < -0.3 is 14.7 Å². The summed E-state index contributed by atoms with van der Waals surface area (Å²) in [5, 5.41) is 9.48. The predicted octanol–water partition coefficient (Wildman–Crippen LogP) is 2.80.